The average molecular weight is 375 g/mol. The zero-order valence-electron chi connectivity index (χ0n) is 14.7. The van der Waals surface area contributed by atoms with Gasteiger partial charge in [-0.2, -0.15) is 0 Å². The molecule has 0 unspecified atom stereocenters. The molecule has 2 amide bonds. The number of anilines is 1. The zero-order chi connectivity index (χ0) is 18.7. The van der Waals surface area contributed by atoms with Gasteiger partial charge in [0.15, 0.2) is 0 Å². The van der Waals surface area contributed by atoms with E-state index >= 15 is 0 Å². The third-order valence-electron chi connectivity index (χ3n) is 4.36. The number of para-hydroxylation sites is 1. The van der Waals surface area contributed by atoms with Gasteiger partial charge in [0.25, 0.3) is 0 Å². The summed E-state index contributed by atoms with van der Waals surface area (Å²) in [6.45, 7) is 0.668. The zero-order valence-corrected chi connectivity index (χ0v) is 15.5. The minimum absolute atomic E-state index is 0.133. The fourth-order valence-electron chi connectivity index (χ4n) is 3.00. The number of hydrogen-bond acceptors (Lipinski definition) is 4. The number of fused-ring (bicyclic) bond motifs is 1. The number of sulfonamides is 1. The lowest BCUT2D eigenvalue weighted by Crippen LogP contribution is -2.36. The molecular formula is C18H21N3O4S. The van der Waals surface area contributed by atoms with Crippen LogP contribution in [0.3, 0.4) is 0 Å². The van der Waals surface area contributed by atoms with Gasteiger partial charge in [0.1, 0.15) is 5.75 Å². The van der Waals surface area contributed by atoms with Crippen molar-refractivity contribution in [1.29, 1.82) is 0 Å². The van der Waals surface area contributed by atoms with Crippen LogP contribution in [0.5, 0.6) is 5.75 Å². The lowest BCUT2D eigenvalue weighted by atomic mass is 10.2. The second kappa shape index (κ2) is 7.35. The van der Waals surface area contributed by atoms with Gasteiger partial charge in [-0.1, -0.05) is 18.2 Å². The maximum atomic E-state index is 12.6. The first-order valence-corrected chi connectivity index (χ1v) is 9.68. The number of nitrogens with zero attached hydrogens (tertiary/aromatic N) is 1. The third-order valence-corrected chi connectivity index (χ3v) is 5.76. The van der Waals surface area contributed by atoms with Crippen LogP contribution in [0.1, 0.15) is 11.1 Å². The van der Waals surface area contributed by atoms with Gasteiger partial charge in [0, 0.05) is 31.4 Å². The van der Waals surface area contributed by atoms with E-state index in [1.807, 2.05) is 18.2 Å². The highest BCUT2D eigenvalue weighted by atomic mass is 32.2. The maximum Gasteiger partial charge on any atom is 0.321 e. The van der Waals surface area contributed by atoms with Crippen LogP contribution in [0.4, 0.5) is 10.5 Å². The van der Waals surface area contributed by atoms with E-state index in [2.05, 4.69) is 10.0 Å². The number of urea groups is 1. The lowest BCUT2D eigenvalue weighted by Gasteiger charge is -2.16. The average Bonchev–Trinajstić information content (AvgIpc) is 3.09. The summed E-state index contributed by atoms with van der Waals surface area (Å²) in [6, 6.07) is 11.9. The molecule has 0 fully saturated rings. The molecule has 8 heteroatoms. The Morgan fingerprint density at radius 1 is 1.23 bits per heavy atom. The predicted molar refractivity (Wildman–Crippen MR) is 99.0 cm³/mol. The Kier molecular flexibility index (Phi) is 5.15. The number of carbonyl (C=O) groups is 1. The smallest absolute Gasteiger partial charge is 0.321 e. The number of nitrogens with one attached hydrogen (secondary N) is 2. The molecule has 2 aromatic carbocycles. The van der Waals surface area contributed by atoms with E-state index in [-0.39, 0.29) is 17.5 Å². The largest absolute Gasteiger partial charge is 0.496 e. The van der Waals surface area contributed by atoms with Crippen LogP contribution in [-0.2, 0) is 23.0 Å². The van der Waals surface area contributed by atoms with E-state index in [9.17, 15) is 13.2 Å². The molecule has 138 valence electrons. The molecule has 2 N–H and O–H groups in total. The molecule has 0 saturated carbocycles. The minimum Gasteiger partial charge on any atom is -0.496 e. The van der Waals surface area contributed by atoms with Gasteiger partial charge in [0.05, 0.1) is 12.0 Å². The third kappa shape index (κ3) is 3.51. The first-order chi connectivity index (χ1) is 12.5. The fraction of sp³-hybridized carbons (Fsp3) is 0.278. The van der Waals surface area contributed by atoms with E-state index in [4.69, 9.17) is 4.74 Å². The quantitative estimate of drug-likeness (QED) is 0.835. The Balaban J connectivity index is 1.79. The van der Waals surface area contributed by atoms with Crippen LogP contribution < -0.4 is 19.7 Å². The molecule has 7 nitrogen and oxygen atoms in total. The first kappa shape index (κ1) is 18.2. The van der Waals surface area contributed by atoms with Gasteiger partial charge >= 0.3 is 6.03 Å². The van der Waals surface area contributed by atoms with Crippen molar-refractivity contribution in [3.05, 3.63) is 53.6 Å². The highest BCUT2D eigenvalue weighted by Gasteiger charge is 2.26. The summed E-state index contributed by atoms with van der Waals surface area (Å²) in [5.74, 6) is 0.630. The van der Waals surface area contributed by atoms with Gasteiger partial charge in [-0.15, -0.1) is 0 Å². The molecule has 1 aliphatic rings. The maximum absolute atomic E-state index is 12.6. The van der Waals surface area contributed by atoms with Crippen LogP contribution in [0, 0.1) is 0 Å². The van der Waals surface area contributed by atoms with Crippen molar-refractivity contribution < 1.29 is 17.9 Å². The summed E-state index contributed by atoms with van der Waals surface area (Å²) in [6.07, 6.45) is 0.624. The van der Waals surface area contributed by atoms with Crippen molar-refractivity contribution in [3.8, 4) is 5.75 Å². The lowest BCUT2D eigenvalue weighted by molar-refractivity contribution is 0.248. The van der Waals surface area contributed by atoms with Crippen LogP contribution in [0.2, 0.25) is 0 Å². The van der Waals surface area contributed by atoms with Crippen molar-refractivity contribution in [2.24, 2.45) is 0 Å². The number of rotatable bonds is 5. The molecule has 0 spiro atoms. The van der Waals surface area contributed by atoms with Gasteiger partial charge in [-0.05, 0) is 36.2 Å². The van der Waals surface area contributed by atoms with Crippen molar-refractivity contribution in [2.75, 3.05) is 25.6 Å². The molecule has 1 aliphatic heterocycles. The Bertz CT molecular complexity index is 928. The molecular weight excluding hydrogens is 354 g/mol. The number of carbonyl (C=O) groups excluding carboxylic acids is 1. The van der Waals surface area contributed by atoms with E-state index in [1.54, 1.807) is 37.3 Å². The normalized spacial score (nSPS) is 13.4. The Morgan fingerprint density at radius 3 is 2.73 bits per heavy atom. The molecule has 26 heavy (non-hydrogen) atoms. The van der Waals surface area contributed by atoms with E-state index in [0.717, 1.165) is 16.8 Å². The molecule has 0 aromatic heterocycles. The van der Waals surface area contributed by atoms with E-state index in [0.29, 0.717) is 18.7 Å². The number of methoxy groups -OCH3 is 1. The predicted octanol–water partition coefficient (Wildman–Crippen LogP) is 1.88. The summed E-state index contributed by atoms with van der Waals surface area (Å²) in [4.78, 5) is 13.6. The first-order valence-electron chi connectivity index (χ1n) is 8.20. The molecule has 2 aromatic rings. The summed E-state index contributed by atoms with van der Waals surface area (Å²) in [5.41, 5.74) is 2.34. The standard InChI is InChI=1S/C18H21N3O4S/c1-19-18(22)21-10-9-13-11-15(7-8-16(13)21)26(23,24)20-12-14-5-3-4-6-17(14)25-2/h3-8,11,20H,9-10,12H2,1-2H3,(H,19,22). The number of amides is 2. The van der Waals surface area contributed by atoms with E-state index in [1.165, 1.54) is 6.07 Å². The van der Waals surface area contributed by atoms with Crippen molar-refractivity contribution in [1.82, 2.24) is 10.0 Å². The van der Waals surface area contributed by atoms with Crippen molar-refractivity contribution >= 4 is 21.7 Å². The topological polar surface area (TPSA) is 87.7 Å². The Labute approximate surface area is 153 Å². The summed E-state index contributed by atoms with van der Waals surface area (Å²) >= 11 is 0. The Hall–Kier alpha value is -2.58. The minimum atomic E-state index is -3.67. The SMILES string of the molecule is CNC(=O)N1CCc2cc(S(=O)(=O)NCc3ccccc3OC)ccc21. The van der Waals surface area contributed by atoms with Crippen LogP contribution >= 0.6 is 0 Å². The molecule has 0 aliphatic carbocycles. The van der Waals surface area contributed by atoms with Gasteiger partial charge in [0.2, 0.25) is 10.0 Å². The van der Waals surface area contributed by atoms with Gasteiger partial charge < -0.3 is 10.1 Å². The molecule has 0 saturated heterocycles. The second-order valence-electron chi connectivity index (χ2n) is 5.88. The molecule has 0 atom stereocenters. The van der Waals surface area contributed by atoms with Crippen LogP contribution in [-0.4, -0.2) is 35.2 Å². The monoisotopic (exact) mass is 375 g/mol. The summed E-state index contributed by atoms with van der Waals surface area (Å²) in [7, 11) is -0.555. The van der Waals surface area contributed by atoms with Crippen molar-refractivity contribution in [2.45, 2.75) is 17.9 Å². The van der Waals surface area contributed by atoms with Gasteiger partial charge in [-0.25, -0.2) is 17.9 Å². The highest BCUT2D eigenvalue weighted by molar-refractivity contribution is 7.89. The number of ether oxygens (including phenoxy) is 1. The molecule has 0 bridgehead atoms. The number of benzene rings is 2. The number of hydrogen-bond donors (Lipinski definition) is 2. The fourth-order valence-corrected chi connectivity index (χ4v) is 4.05. The Morgan fingerprint density at radius 2 is 2.00 bits per heavy atom. The summed E-state index contributed by atoms with van der Waals surface area (Å²) in [5, 5.41) is 2.59. The van der Waals surface area contributed by atoms with Crippen LogP contribution in [0.25, 0.3) is 0 Å². The second-order valence-corrected chi connectivity index (χ2v) is 7.65. The molecule has 0 radical (unpaired) electrons. The summed E-state index contributed by atoms with van der Waals surface area (Å²) < 4.78 is 33.1. The van der Waals surface area contributed by atoms with Gasteiger partial charge in [-0.3, -0.25) is 4.90 Å². The van der Waals surface area contributed by atoms with Crippen molar-refractivity contribution in [3.63, 3.8) is 0 Å². The van der Waals surface area contributed by atoms with Crippen LogP contribution in [0.15, 0.2) is 47.4 Å². The molecule has 1 heterocycles. The highest BCUT2D eigenvalue weighted by Crippen LogP contribution is 2.30. The van der Waals surface area contributed by atoms with E-state index < -0.39 is 10.0 Å². The molecule has 3 rings (SSSR count).